The SMILES string of the molecule is CCOC(=O)c1ccc(C(=O)Cc2cccs2)s1. The number of ketones is 1. The maximum absolute atomic E-state index is 12.0. The number of ether oxygens (including phenoxy) is 1. The molecule has 0 aliphatic heterocycles. The van der Waals surface area contributed by atoms with E-state index in [0.29, 0.717) is 22.8 Å². The van der Waals surface area contributed by atoms with Crippen LogP contribution < -0.4 is 0 Å². The van der Waals surface area contributed by atoms with Crippen LogP contribution in [0.5, 0.6) is 0 Å². The summed E-state index contributed by atoms with van der Waals surface area (Å²) in [5.74, 6) is -0.323. The average Bonchev–Trinajstić information content (AvgIpc) is 2.99. The van der Waals surface area contributed by atoms with Gasteiger partial charge in [-0.1, -0.05) is 6.07 Å². The summed E-state index contributed by atoms with van der Waals surface area (Å²) >= 11 is 2.75. The minimum absolute atomic E-state index is 0.0398. The zero-order valence-corrected chi connectivity index (χ0v) is 11.5. The van der Waals surface area contributed by atoms with Gasteiger partial charge >= 0.3 is 5.97 Å². The van der Waals surface area contributed by atoms with Gasteiger partial charge in [0.1, 0.15) is 4.88 Å². The van der Waals surface area contributed by atoms with Crippen LogP contribution in [0.3, 0.4) is 0 Å². The second kappa shape index (κ2) is 5.93. The third-order valence-electron chi connectivity index (χ3n) is 2.27. The summed E-state index contributed by atoms with van der Waals surface area (Å²) in [6.07, 6.45) is 0.389. The van der Waals surface area contributed by atoms with Crippen molar-refractivity contribution in [2.75, 3.05) is 6.61 Å². The van der Waals surface area contributed by atoms with Crippen LogP contribution in [0.2, 0.25) is 0 Å². The van der Waals surface area contributed by atoms with Crippen molar-refractivity contribution in [2.45, 2.75) is 13.3 Å². The Hall–Kier alpha value is -1.46. The Kier molecular flexibility index (Phi) is 4.28. The topological polar surface area (TPSA) is 43.4 Å². The maximum atomic E-state index is 12.0. The standard InChI is InChI=1S/C13H12O3S2/c1-2-16-13(15)12-6-5-11(18-12)10(14)8-9-4-3-7-17-9/h3-7H,2,8H2,1H3. The molecule has 0 saturated carbocycles. The van der Waals surface area contributed by atoms with E-state index in [9.17, 15) is 9.59 Å². The molecule has 2 aromatic rings. The van der Waals surface area contributed by atoms with E-state index in [1.165, 1.54) is 11.3 Å². The Labute approximate surface area is 113 Å². The summed E-state index contributed by atoms with van der Waals surface area (Å²) < 4.78 is 4.89. The molecule has 0 aliphatic carbocycles. The first-order valence-electron chi connectivity index (χ1n) is 5.53. The third-order valence-corrected chi connectivity index (χ3v) is 4.26. The summed E-state index contributed by atoms with van der Waals surface area (Å²) in [6.45, 7) is 2.10. The molecular weight excluding hydrogens is 268 g/mol. The van der Waals surface area contributed by atoms with Crippen molar-refractivity contribution >= 4 is 34.4 Å². The van der Waals surface area contributed by atoms with E-state index < -0.39 is 0 Å². The van der Waals surface area contributed by atoms with Crippen LogP contribution >= 0.6 is 22.7 Å². The molecule has 0 spiro atoms. The molecule has 0 radical (unpaired) electrons. The molecule has 0 fully saturated rings. The Bertz CT molecular complexity index is 540. The van der Waals surface area contributed by atoms with E-state index in [4.69, 9.17) is 4.74 Å². The molecule has 5 heteroatoms. The van der Waals surface area contributed by atoms with Crippen molar-refractivity contribution in [2.24, 2.45) is 0 Å². The molecule has 0 amide bonds. The molecule has 0 N–H and O–H groups in total. The zero-order valence-electron chi connectivity index (χ0n) is 9.84. The van der Waals surface area contributed by atoms with Crippen molar-refractivity contribution in [3.8, 4) is 0 Å². The van der Waals surface area contributed by atoms with Crippen molar-refractivity contribution in [1.29, 1.82) is 0 Å². The van der Waals surface area contributed by atoms with Crippen LogP contribution in [0.25, 0.3) is 0 Å². The number of hydrogen-bond acceptors (Lipinski definition) is 5. The summed E-state index contributed by atoms with van der Waals surface area (Å²) in [5.41, 5.74) is 0. The Morgan fingerprint density at radius 2 is 2.00 bits per heavy atom. The molecular formula is C13H12O3S2. The number of thiophene rings is 2. The van der Waals surface area contributed by atoms with Gasteiger partial charge in [-0.3, -0.25) is 4.79 Å². The fourth-order valence-corrected chi connectivity index (χ4v) is 3.00. The number of hydrogen-bond donors (Lipinski definition) is 0. The quantitative estimate of drug-likeness (QED) is 0.622. The van der Waals surface area contributed by atoms with Crippen molar-refractivity contribution < 1.29 is 14.3 Å². The van der Waals surface area contributed by atoms with Gasteiger partial charge in [0, 0.05) is 11.3 Å². The summed E-state index contributed by atoms with van der Waals surface area (Å²) in [4.78, 5) is 25.6. The highest BCUT2D eigenvalue weighted by atomic mass is 32.1. The molecule has 0 aromatic carbocycles. The molecule has 0 atom stereocenters. The van der Waals surface area contributed by atoms with E-state index in [1.807, 2.05) is 17.5 Å². The Morgan fingerprint density at radius 3 is 2.67 bits per heavy atom. The monoisotopic (exact) mass is 280 g/mol. The predicted octanol–water partition coefficient (Wildman–Crippen LogP) is 3.41. The van der Waals surface area contributed by atoms with Crippen molar-refractivity contribution in [1.82, 2.24) is 0 Å². The molecule has 0 unspecified atom stereocenters. The molecule has 18 heavy (non-hydrogen) atoms. The molecule has 0 bridgehead atoms. The fraction of sp³-hybridized carbons (Fsp3) is 0.231. The number of esters is 1. The van der Waals surface area contributed by atoms with Crippen LogP contribution in [-0.4, -0.2) is 18.4 Å². The van der Waals surface area contributed by atoms with Crippen LogP contribution in [0.15, 0.2) is 29.6 Å². The van der Waals surface area contributed by atoms with E-state index >= 15 is 0 Å². The van der Waals surface area contributed by atoms with E-state index in [1.54, 1.807) is 30.4 Å². The number of rotatable bonds is 5. The molecule has 2 aromatic heterocycles. The van der Waals surface area contributed by atoms with Crippen LogP contribution in [0.1, 0.15) is 31.1 Å². The second-order valence-corrected chi connectivity index (χ2v) is 5.68. The van der Waals surface area contributed by atoms with Crippen LogP contribution in [0.4, 0.5) is 0 Å². The van der Waals surface area contributed by atoms with E-state index in [2.05, 4.69) is 0 Å². The number of carbonyl (C=O) groups is 2. The molecule has 94 valence electrons. The Morgan fingerprint density at radius 1 is 1.22 bits per heavy atom. The van der Waals surface area contributed by atoms with Gasteiger partial charge < -0.3 is 4.74 Å². The number of carbonyl (C=O) groups excluding carboxylic acids is 2. The minimum Gasteiger partial charge on any atom is -0.462 e. The van der Waals surface area contributed by atoms with Crippen molar-refractivity contribution in [3.63, 3.8) is 0 Å². The first kappa shape index (κ1) is 13.0. The third kappa shape index (κ3) is 3.05. The van der Waals surface area contributed by atoms with Gasteiger partial charge in [-0.05, 0) is 30.5 Å². The molecule has 0 aliphatic rings. The van der Waals surface area contributed by atoms with Gasteiger partial charge in [0.25, 0.3) is 0 Å². The second-order valence-electron chi connectivity index (χ2n) is 3.56. The summed E-state index contributed by atoms with van der Waals surface area (Å²) in [5, 5.41) is 1.95. The van der Waals surface area contributed by atoms with Crippen LogP contribution in [-0.2, 0) is 11.2 Å². The first-order chi connectivity index (χ1) is 8.70. The molecule has 0 saturated heterocycles. The largest absolute Gasteiger partial charge is 0.462 e. The Balaban J connectivity index is 2.05. The highest BCUT2D eigenvalue weighted by molar-refractivity contribution is 7.16. The lowest BCUT2D eigenvalue weighted by Gasteiger charge is -1.97. The van der Waals surface area contributed by atoms with Gasteiger partial charge in [0.05, 0.1) is 11.5 Å². The summed E-state index contributed by atoms with van der Waals surface area (Å²) in [6, 6.07) is 7.19. The van der Waals surface area contributed by atoms with Crippen molar-refractivity contribution in [3.05, 3.63) is 44.3 Å². The highest BCUT2D eigenvalue weighted by Crippen LogP contribution is 2.20. The smallest absolute Gasteiger partial charge is 0.348 e. The van der Waals surface area contributed by atoms with Crippen LogP contribution in [0, 0.1) is 0 Å². The normalized spacial score (nSPS) is 10.3. The minimum atomic E-state index is -0.363. The van der Waals surface area contributed by atoms with Gasteiger partial charge in [0.2, 0.25) is 0 Å². The maximum Gasteiger partial charge on any atom is 0.348 e. The van der Waals surface area contributed by atoms with Gasteiger partial charge in [-0.25, -0.2) is 4.79 Å². The first-order valence-corrected chi connectivity index (χ1v) is 7.23. The molecule has 3 nitrogen and oxygen atoms in total. The molecule has 2 rings (SSSR count). The lowest BCUT2D eigenvalue weighted by atomic mass is 10.2. The highest BCUT2D eigenvalue weighted by Gasteiger charge is 2.15. The average molecular weight is 280 g/mol. The fourth-order valence-electron chi connectivity index (χ4n) is 1.46. The van der Waals surface area contributed by atoms with Gasteiger partial charge in [-0.15, -0.1) is 22.7 Å². The molecule has 2 heterocycles. The van der Waals surface area contributed by atoms with E-state index in [0.717, 1.165) is 4.88 Å². The number of Topliss-reactive ketones (excluding diaryl/α,β-unsaturated/α-hetero) is 1. The lowest BCUT2D eigenvalue weighted by Crippen LogP contribution is -2.02. The predicted molar refractivity (Wildman–Crippen MR) is 72.6 cm³/mol. The van der Waals surface area contributed by atoms with E-state index in [-0.39, 0.29) is 11.8 Å². The van der Waals surface area contributed by atoms with Gasteiger partial charge in [-0.2, -0.15) is 0 Å². The summed E-state index contributed by atoms with van der Waals surface area (Å²) in [7, 11) is 0. The van der Waals surface area contributed by atoms with Gasteiger partial charge in [0.15, 0.2) is 5.78 Å². The zero-order chi connectivity index (χ0) is 13.0. The lowest BCUT2D eigenvalue weighted by molar-refractivity contribution is 0.0532.